The van der Waals surface area contributed by atoms with Crippen molar-refractivity contribution in [2.24, 2.45) is 0 Å². The summed E-state index contributed by atoms with van der Waals surface area (Å²) in [4.78, 5) is 43.6. The van der Waals surface area contributed by atoms with Gasteiger partial charge in [-0.25, -0.2) is 4.98 Å². The monoisotopic (exact) mass is 448 g/mol. The number of nitrogens with one attached hydrogen (secondary N) is 1. The van der Waals surface area contributed by atoms with Crippen molar-refractivity contribution in [3.05, 3.63) is 59.2 Å². The fraction of sp³-hybridized carbons (Fsp3) is 0.360. The molecule has 8 heteroatoms. The second kappa shape index (κ2) is 9.95. The van der Waals surface area contributed by atoms with E-state index in [1.807, 2.05) is 48.7 Å². The van der Waals surface area contributed by atoms with Crippen LogP contribution in [0.3, 0.4) is 0 Å². The molecular weight excluding hydrogens is 420 g/mol. The lowest BCUT2D eigenvalue weighted by Gasteiger charge is -2.14. The minimum atomic E-state index is -0.300. The molecule has 0 radical (unpaired) electrons. The molecule has 8 nitrogen and oxygen atoms in total. The highest BCUT2D eigenvalue weighted by Gasteiger charge is 2.35. The standard InChI is InChI=1S/C25H28N4O4/c1-3-33-15-7-14-28-21-9-5-4-8-20(21)26-25(28)27-22(30)10-6-13-29-23(31)18-12-11-17(2)16-19(18)24(29)32/h4-5,8-9,11-12,16H,3,6-7,10,13-15H2,1-2H3,(H,26,27,30). The van der Waals surface area contributed by atoms with Crippen molar-refractivity contribution < 1.29 is 19.1 Å². The molecule has 2 aromatic carbocycles. The second-order valence-electron chi connectivity index (χ2n) is 8.09. The Kier molecular flexibility index (Phi) is 6.84. The van der Waals surface area contributed by atoms with Crippen LogP contribution in [0.1, 0.15) is 52.5 Å². The van der Waals surface area contributed by atoms with Crippen LogP contribution in [0.25, 0.3) is 11.0 Å². The maximum atomic E-state index is 12.6. The molecule has 0 atom stereocenters. The summed E-state index contributed by atoms with van der Waals surface area (Å²) in [5.41, 5.74) is 3.55. The normalized spacial score (nSPS) is 13.1. The summed E-state index contributed by atoms with van der Waals surface area (Å²) in [6.07, 6.45) is 1.35. The van der Waals surface area contributed by atoms with Gasteiger partial charge >= 0.3 is 0 Å². The molecule has 0 saturated heterocycles. The molecule has 0 spiro atoms. The predicted molar refractivity (Wildman–Crippen MR) is 125 cm³/mol. The third-order valence-electron chi connectivity index (χ3n) is 5.69. The highest BCUT2D eigenvalue weighted by atomic mass is 16.5. The number of nitrogens with zero attached hydrogens (tertiary/aromatic N) is 3. The quantitative estimate of drug-likeness (QED) is 0.376. The second-order valence-corrected chi connectivity index (χ2v) is 8.09. The lowest BCUT2D eigenvalue weighted by Crippen LogP contribution is -2.31. The number of anilines is 1. The van der Waals surface area contributed by atoms with Crippen molar-refractivity contribution >= 4 is 34.7 Å². The first-order valence-electron chi connectivity index (χ1n) is 11.3. The largest absolute Gasteiger partial charge is 0.382 e. The van der Waals surface area contributed by atoms with Crippen molar-refractivity contribution in [2.75, 3.05) is 25.1 Å². The highest BCUT2D eigenvalue weighted by molar-refractivity contribution is 6.21. The van der Waals surface area contributed by atoms with E-state index in [0.29, 0.717) is 43.3 Å². The number of rotatable bonds is 10. The molecule has 1 aliphatic heterocycles. The van der Waals surface area contributed by atoms with E-state index >= 15 is 0 Å². The fourth-order valence-corrected chi connectivity index (χ4v) is 4.06. The molecule has 2 heterocycles. The number of benzene rings is 2. The summed E-state index contributed by atoms with van der Waals surface area (Å²) in [5.74, 6) is -0.306. The van der Waals surface area contributed by atoms with Crippen LogP contribution < -0.4 is 5.32 Å². The number of hydrogen-bond acceptors (Lipinski definition) is 5. The van der Waals surface area contributed by atoms with Crippen LogP contribution in [0.2, 0.25) is 0 Å². The molecule has 0 saturated carbocycles. The van der Waals surface area contributed by atoms with Crippen molar-refractivity contribution in [3.63, 3.8) is 0 Å². The number of imide groups is 1. The van der Waals surface area contributed by atoms with Crippen molar-refractivity contribution in [1.29, 1.82) is 0 Å². The van der Waals surface area contributed by atoms with Gasteiger partial charge in [-0.15, -0.1) is 0 Å². The number of imidazole rings is 1. The van der Waals surface area contributed by atoms with E-state index in [1.54, 1.807) is 12.1 Å². The van der Waals surface area contributed by atoms with E-state index in [9.17, 15) is 14.4 Å². The Hall–Kier alpha value is -3.52. The van der Waals surface area contributed by atoms with E-state index in [-0.39, 0.29) is 30.7 Å². The molecule has 0 unspecified atom stereocenters. The molecule has 1 aliphatic rings. The van der Waals surface area contributed by atoms with E-state index in [1.165, 1.54) is 4.90 Å². The average Bonchev–Trinajstić information content (AvgIpc) is 3.26. The van der Waals surface area contributed by atoms with Gasteiger partial charge in [-0.2, -0.15) is 0 Å². The summed E-state index contributed by atoms with van der Waals surface area (Å²) in [6.45, 7) is 6.02. The van der Waals surface area contributed by atoms with E-state index in [4.69, 9.17) is 4.74 Å². The van der Waals surface area contributed by atoms with Crippen molar-refractivity contribution in [1.82, 2.24) is 14.5 Å². The summed E-state index contributed by atoms with van der Waals surface area (Å²) < 4.78 is 7.42. The van der Waals surface area contributed by atoms with Gasteiger partial charge in [-0.3, -0.25) is 24.6 Å². The van der Waals surface area contributed by atoms with Gasteiger partial charge in [0.05, 0.1) is 22.2 Å². The summed E-state index contributed by atoms with van der Waals surface area (Å²) in [6, 6.07) is 13.0. The lowest BCUT2D eigenvalue weighted by molar-refractivity contribution is -0.116. The zero-order valence-electron chi connectivity index (χ0n) is 19.0. The van der Waals surface area contributed by atoms with Gasteiger partial charge in [0.1, 0.15) is 0 Å². The Morgan fingerprint density at radius 2 is 1.82 bits per heavy atom. The number of amides is 3. The van der Waals surface area contributed by atoms with Crippen LogP contribution in [0.4, 0.5) is 5.95 Å². The molecule has 33 heavy (non-hydrogen) atoms. The number of carbonyl (C=O) groups excluding carboxylic acids is 3. The smallest absolute Gasteiger partial charge is 0.261 e. The van der Waals surface area contributed by atoms with Crippen LogP contribution >= 0.6 is 0 Å². The van der Waals surface area contributed by atoms with Crippen LogP contribution in [-0.4, -0.2) is 51.9 Å². The maximum absolute atomic E-state index is 12.6. The fourth-order valence-electron chi connectivity index (χ4n) is 4.06. The lowest BCUT2D eigenvalue weighted by atomic mass is 10.1. The number of aryl methyl sites for hydroxylation is 2. The SMILES string of the molecule is CCOCCCn1c(NC(=O)CCCN2C(=O)c3ccc(C)cc3C2=O)nc2ccccc21. The molecule has 4 rings (SSSR count). The summed E-state index contributed by atoms with van der Waals surface area (Å²) in [7, 11) is 0. The van der Waals surface area contributed by atoms with Crippen LogP contribution in [0.15, 0.2) is 42.5 Å². The number of fused-ring (bicyclic) bond motifs is 2. The van der Waals surface area contributed by atoms with Gasteiger partial charge in [0.25, 0.3) is 11.8 Å². The van der Waals surface area contributed by atoms with Crippen LogP contribution in [0.5, 0.6) is 0 Å². The summed E-state index contributed by atoms with van der Waals surface area (Å²) in [5, 5.41) is 2.90. The molecule has 0 fully saturated rings. The molecule has 3 amide bonds. The van der Waals surface area contributed by atoms with Gasteiger partial charge in [0, 0.05) is 32.7 Å². The van der Waals surface area contributed by atoms with E-state index in [2.05, 4.69) is 10.3 Å². The van der Waals surface area contributed by atoms with E-state index < -0.39 is 0 Å². The molecule has 1 aromatic heterocycles. The minimum Gasteiger partial charge on any atom is -0.382 e. The number of para-hydroxylation sites is 2. The van der Waals surface area contributed by atoms with Gasteiger partial charge in [-0.05, 0) is 51.0 Å². The topological polar surface area (TPSA) is 93.5 Å². The number of carbonyl (C=O) groups is 3. The molecule has 1 N–H and O–H groups in total. The van der Waals surface area contributed by atoms with Crippen LogP contribution in [0, 0.1) is 6.92 Å². The third-order valence-corrected chi connectivity index (χ3v) is 5.69. The molecule has 0 bridgehead atoms. The Balaban J connectivity index is 1.36. The first kappa shape index (κ1) is 22.7. The Bertz CT molecular complexity index is 1200. The molecule has 172 valence electrons. The highest BCUT2D eigenvalue weighted by Crippen LogP contribution is 2.24. The third kappa shape index (κ3) is 4.80. The molecule has 0 aliphatic carbocycles. The predicted octanol–water partition coefficient (Wildman–Crippen LogP) is 3.79. The first-order valence-corrected chi connectivity index (χ1v) is 11.3. The zero-order valence-corrected chi connectivity index (χ0v) is 19.0. The first-order chi connectivity index (χ1) is 16.0. The number of ether oxygens (including phenoxy) is 1. The van der Waals surface area contributed by atoms with Crippen molar-refractivity contribution in [2.45, 2.75) is 39.7 Å². The van der Waals surface area contributed by atoms with Crippen molar-refractivity contribution in [3.8, 4) is 0 Å². The number of aromatic nitrogens is 2. The Labute approximate surface area is 192 Å². The van der Waals surface area contributed by atoms with Gasteiger partial charge < -0.3 is 9.30 Å². The van der Waals surface area contributed by atoms with E-state index in [0.717, 1.165) is 23.0 Å². The Morgan fingerprint density at radius 1 is 1.03 bits per heavy atom. The maximum Gasteiger partial charge on any atom is 0.261 e. The van der Waals surface area contributed by atoms with Crippen LogP contribution in [-0.2, 0) is 16.1 Å². The average molecular weight is 449 g/mol. The van der Waals surface area contributed by atoms with Gasteiger partial charge in [-0.1, -0.05) is 23.8 Å². The minimum absolute atomic E-state index is 0.175. The Morgan fingerprint density at radius 3 is 2.64 bits per heavy atom. The summed E-state index contributed by atoms with van der Waals surface area (Å²) >= 11 is 0. The molecule has 3 aromatic rings. The number of hydrogen-bond donors (Lipinski definition) is 1. The van der Waals surface area contributed by atoms with Gasteiger partial charge in [0.15, 0.2) is 0 Å². The van der Waals surface area contributed by atoms with Gasteiger partial charge in [0.2, 0.25) is 11.9 Å². The molecular formula is C25H28N4O4. The zero-order chi connectivity index (χ0) is 23.4.